The maximum atomic E-state index is 14.5. The molecule has 0 saturated heterocycles. The summed E-state index contributed by atoms with van der Waals surface area (Å²) < 4.78 is 40.3. The number of hydrogen-bond donors (Lipinski definition) is 0. The highest BCUT2D eigenvalue weighted by molar-refractivity contribution is 5.90. The van der Waals surface area contributed by atoms with Gasteiger partial charge < -0.3 is 23.7 Å². The Bertz CT molecular complexity index is 1020. The second-order valence-electron chi connectivity index (χ2n) is 7.21. The lowest BCUT2D eigenvalue weighted by Crippen LogP contribution is -2.15. The topological polar surface area (TPSA) is 80.3 Å². The molecule has 0 N–H and O–H groups in total. The van der Waals surface area contributed by atoms with Gasteiger partial charge in [-0.15, -0.1) is 0 Å². The van der Waals surface area contributed by atoms with Crippen LogP contribution in [0.2, 0.25) is 0 Å². The van der Waals surface area contributed by atoms with Crippen molar-refractivity contribution in [1.82, 2.24) is 0 Å². The lowest BCUT2D eigenvalue weighted by Gasteiger charge is -2.14. The molecule has 0 bridgehead atoms. The highest BCUT2D eigenvalue weighted by Crippen LogP contribution is 2.31. The number of aryl methyl sites for hydroxylation is 1. The van der Waals surface area contributed by atoms with Crippen LogP contribution < -0.4 is 9.47 Å². The molecule has 0 radical (unpaired) electrons. The van der Waals surface area contributed by atoms with Crippen LogP contribution in [0.15, 0.2) is 61.2 Å². The zero-order valence-corrected chi connectivity index (χ0v) is 19.4. The summed E-state index contributed by atoms with van der Waals surface area (Å²) in [5.41, 5.74) is 2.10. The number of halogens is 1. The molecule has 34 heavy (non-hydrogen) atoms. The van der Waals surface area contributed by atoms with E-state index >= 15 is 0 Å². The van der Waals surface area contributed by atoms with E-state index in [1.54, 1.807) is 24.3 Å². The molecule has 7 nitrogen and oxygen atoms in total. The van der Waals surface area contributed by atoms with Crippen LogP contribution in [0.3, 0.4) is 0 Å². The maximum absolute atomic E-state index is 14.5. The molecule has 0 saturated carbocycles. The molecular weight excluding hydrogens is 443 g/mol. The standard InChI is InChI=1S/C26H29FO7/c1-5-25(28)33-12-6-7-19-8-9-21(16-24(19)34-26(29)18(2)17-31-4)20-10-11-23(22(27)15-20)32-14-13-30-3/h5,8-11,15-16H,1-2,6-7,12-14,17H2,3-4H3. The van der Waals surface area contributed by atoms with Crippen molar-refractivity contribution >= 4 is 11.9 Å². The lowest BCUT2D eigenvalue weighted by atomic mass is 10.0. The summed E-state index contributed by atoms with van der Waals surface area (Å²) in [6.45, 7) is 7.81. The predicted molar refractivity (Wildman–Crippen MR) is 125 cm³/mol. The summed E-state index contributed by atoms with van der Waals surface area (Å²) in [7, 11) is 2.99. The van der Waals surface area contributed by atoms with Crippen molar-refractivity contribution in [3.05, 3.63) is 72.6 Å². The number of carbonyl (C=O) groups excluding carboxylic acids is 2. The molecule has 0 aromatic heterocycles. The van der Waals surface area contributed by atoms with E-state index in [2.05, 4.69) is 13.2 Å². The molecule has 0 heterocycles. The highest BCUT2D eigenvalue weighted by atomic mass is 19.1. The van der Waals surface area contributed by atoms with Crippen molar-refractivity contribution in [3.8, 4) is 22.6 Å². The Morgan fingerprint density at radius 1 is 0.971 bits per heavy atom. The molecule has 2 aromatic carbocycles. The van der Waals surface area contributed by atoms with Gasteiger partial charge in [-0.3, -0.25) is 0 Å². The average molecular weight is 473 g/mol. The quantitative estimate of drug-likeness (QED) is 0.176. The lowest BCUT2D eigenvalue weighted by molar-refractivity contribution is -0.137. The van der Waals surface area contributed by atoms with Crippen LogP contribution in [0, 0.1) is 5.82 Å². The number of hydrogen-bond acceptors (Lipinski definition) is 7. The van der Waals surface area contributed by atoms with Crippen molar-refractivity contribution in [2.75, 3.05) is 40.6 Å². The normalized spacial score (nSPS) is 10.4. The van der Waals surface area contributed by atoms with Gasteiger partial charge in [-0.05, 0) is 47.7 Å². The van der Waals surface area contributed by atoms with Crippen molar-refractivity contribution in [2.45, 2.75) is 12.8 Å². The van der Waals surface area contributed by atoms with E-state index < -0.39 is 17.8 Å². The van der Waals surface area contributed by atoms with E-state index in [1.807, 2.05) is 0 Å². The molecule has 0 amide bonds. The fourth-order valence-electron chi connectivity index (χ4n) is 2.97. The van der Waals surface area contributed by atoms with Crippen LogP contribution in [0.5, 0.6) is 11.5 Å². The Morgan fingerprint density at radius 3 is 2.38 bits per heavy atom. The van der Waals surface area contributed by atoms with E-state index in [1.165, 1.54) is 26.4 Å². The first-order valence-corrected chi connectivity index (χ1v) is 10.6. The summed E-state index contributed by atoms with van der Waals surface area (Å²) in [6, 6.07) is 9.84. The van der Waals surface area contributed by atoms with Gasteiger partial charge in [-0.2, -0.15) is 0 Å². The minimum atomic E-state index is -0.633. The third-order valence-corrected chi connectivity index (χ3v) is 4.69. The molecule has 0 fully saturated rings. The number of rotatable bonds is 14. The molecule has 0 unspecified atom stereocenters. The van der Waals surface area contributed by atoms with Gasteiger partial charge in [0.15, 0.2) is 11.6 Å². The van der Waals surface area contributed by atoms with Crippen LogP contribution in [0.25, 0.3) is 11.1 Å². The van der Waals surface area contributed by atoms with Gasteiger partial charge in [0.1, 0.15) is 12.4 Å². The summed E-state index contributed by atoms with van der Waals surface area (Å²) in [5.74, 6) is -1.24. The van der Waals surface area contributed by atoms with E-state index in [-0.39, 0.29) is 31.1 Å². The molecule has 0 atom stereocenters. The largest absolute Gasteiger partial charge is 0.488 e. The maximum Gasteiger partial charge on any atom is 0.341 e. The Hall–Kier alpha value is -3.49. The van der Waals surface area contributed by atoms with Gasteiger partial charge >= 0.3 is 11.9 Å². The Morgan fingerprint density at radius 2 is 1.71 bits per heavy atom. The second-order valence-corrected chi connectivity index (χ2v) is 7.21. The molecular formula is C26H29FO7. The van der Waals surface area contributed by atoms with Gasteiger partial charge in [-0.25, -0.2) is 14.0 Å². The Labute approximate surface area is 198 Å². The van der Waals surface area contributed by atoms with Gasteiger partial charge in [0.25, 0.3) is 0 Å². The Balaban J connectivity index is 2.25. The molecule has 0 aliphatic carbocycles. The molecule has 182 valence electrons. The second kappa shape index (κ2) is 13.9. The monoisotopic (exact) mass is 472 g/mol. The third-order valence-electron chi connectivity index (χ3n) is 4.69. The van der Waals surface area contributed by atoms with E-state index in [0.29, 0.717) is 36.3 Å². The average Bonchev–Trinajstić information content (AvgIpc) is 2.83. The first-order chi connectivity index (χ1) is 16.4. The molecule has 2 aromatic rings. The molecule has 0 aliphatic rings. The third kappa shape index (κ3) is 8.13. The zero-order chi connectivity index (χ0) is 24.9. The number of esters is 2. The molecule has 0 spiro atoms. The summed E-state index contributed by atoms with van der Waals surface area (Å²) in [6.07, 6.45) is 2.08. The van der Waals surface area contributed by atoms with E-state index in [9.17, 15) is 14.0 Å². The predicted octanol–water partition coefficient (Wildman–Crippen LogP) is 4.29. The first kappa shape index (κ1) is 26.8. The highest BCUT2D eigenvalue weighted by Gasteiger charge is 2.15. The van der Waals surface area contributed by atoms with Gasteiger partial charge in [0.2, 0.25) is 0 Å². The van der Waals surface area contributed by atoms with E-state index in [0.717, 1.165) is 11.6 Å². The minimum absolute atomic E-state index is 0.0289. The van der Waals surface area contributed by atoms with Crippen molar-refractivity contribution in [2.24, 2.45) is 0 Å². The van der Waals surface area contributed by atoms with Crippen molar-refractivity contribution < 1.29 is 37.7 Å². The van der Waals surface area contributed by atoms with Crippen LogP contribution in [0.4, 0.5) is 4.39 Å². The summed E-state index contributed by atoms with van der Waals surface area (Å²) in [5, 5.41) is 0. The van der Waals surface area contributed by atoms with Crippen LogP contribution in [0.1, 0.15) is 12.0 Å². The summed E-state index contributed by atoms with van der Waals surface area (Å²) in [4.78, 5) is 23.6. The van der Waals surface area contributed by atoms with Gasteiger partial charge in [0.05, 0.1) is 25.4 Å². The van der Waals surface area contributed by atoms with Gasteiger partial charge in [0, 0.05) is 20.3 Å². The fourth-order valence-corrected chi connectivity index (χ4v) is 2.97. The number of ether oxygens (including phenoxy) is 5. The minimum Gasteiger partial charge on any atom is -0.488 e. The van der Waals surface area contributed by atoms with E-state index in [4.69, 9.17) is 23.7 Å². The number of carbonyl (C=O) groups is 2. The number of methoxy groups -OCH3 is 2. The zero-order valence-electron chi connectivity index (χ0n) is 19.4. The summed E-state index contributed by atoms with van der Waals surface area (Å²) >= 11 is 0. The SMILES string of the molecule is C=CC(=O)OCCCc1ccc(-c2ccc(OCCOC)c(F)c2)cc1OC(=O)C(=C)COC. The molecule has 2 rings (SSSR count). The van der Waals surface area contributed by atoms with Crippen LogP contribution in [-0.4, -0.2) is 52.6 Å². The smallest absolute Gasteiger partial charge is 0.341 e. The van der Waals surface area contributed by atoms with Crippen LogP contribution >= 0.6 is 0 Å². The molecule has 0 aliphatic heterocycles. The molecule has 8 heteroatoms. The fraction of sp³-hybridized carbons (Fsp3) is 0.308. The Kier molecular flexibility index (Phi) is 11.0. The van der Waals surface area contributed by atoms with Crippen molar-refractivity contribution in [1.29, 1.82) is 0 Å². The van der Waals surface area contributed by atoms with Gasteiger partial charge in [-0.1, -0.05) is 31.4 Å². The van der Waals surface area contributed by atoms with Crippen LogP contribution in [-0.2, 0) is 30.2 Å². The number of benzene rings is 2. The van der Waals surface area contributed by atoms with Crippen molar-refractivity contribution in [3.63, 3.8) is 0 Å². The first-order valence-electron chi connectivity index (χ1n) is 10.6.